The second kappa shape index (κ2) is 5.73. The summed E-state index contributed by atoms with van der Waals surface area (Å²) in [5, 5.41) is 1.78. The quantitative estimate of drug-likeness (QED) is 0.853. The van der Waals surface area contributed by atoms with Crippen LogP contribution in [0.3, 0.4) is 0 Å². The van der Waals surface area contributed by atoms with E-state index in [-0.39, 0.29) is 0 Å². The van der Waals surface area contributed by atoms with E-state index >= 15 is 0 Å². The standard InChI is InChI=1S/C16H9F2NO2S/c17-12-6-5-11(8-13(12)18)10-3-1-9(2-4-10)7-14-15(20)19-16(21)22-14/h1-8H,(H,19,20,21)/b14-7-. The molecule has 22 heavy (non-hydrogen) atoms. The van der Waals surface area contributed by atoms with E-state index in [9.17, 15) is 18.4 Å². The van der Waals surface area contributed by atoms with Gasteiger partial charge >= 0.3 is 0 Å². The van der Waals surface area contributed by atoms with E-state index in [1.807, 2.05) is 0 Å². The minimum atomic E-state index is -0.902. The summed E-state index contributed by atoms with van der Waals surface area (Å²) in [6.07, 6.45) is 1.60. The Bertz CT molecular complexity index is 800. The van der Waals surface area contributed by atoms with Crippen molar-refractivity contribution in [2.45, 2.75) is 0 Å². The lowest BCUT2D eigenvalue weighted by Gasteiger charge is -2.03. The third kappa shape index (κ3) is 2.92. The van der Waals surface area contributed by atoms with Crippen molar-refractivity contribution in [1.29, 1.82) is 0 Å². The summed E-state index contributed by atoms with van der Waals surface area (Å²) < 4.78 is 26.2. The van der Waals surface area contributed by atoms with Gasteiger partial charge in [0.2, 0.25) is 0 Å². The maximum Gasteiger partial charge on any atom is 0.290 e. The van der Waals surface area contributed by atoms with E-state index < -0.39 is 22.8 Å². The number of halogens is 2. The van der Waals surface area contributed by atoms with Crippen LogP contribution in [0.2, 0.25) is 0 Å². The number of rotatable bonds is 2. The fourth-order valence-corrected chi connectivity index (χ4v) is 2.70. The van der Waals surface area contributed by atoms with Crippen LogP contribution >= 0.6 is 11.8 Å². The van der Waals surface area contributed by atoms with E-state index in [0.29, 0.717) is 10.5 Å². The molecule has 0 atom stereocenters. The Labute approximate surface area is 129 Å². The number of nitrogens with one attached hydrogen (secondary N) is 1. The van der Waals surface area contributed by atoms with Crippen LogP contribution < -0.4 is 5.32 Å². The van der Waals surface area contributed by atoms with Gasteiger partial charge in [-0.15, -0.1) is 0 Å². The number of imide groups is 1. The van der Waals surface area contributed by atoms with Crippen LogP contribution in [-0.2, 0) is 4.79 Å². The lowest BCUT2D eigenvalue weighted by atomic mass is 10.0. The van der Waals surface area contributed by atoms with Gasteiger partial charge in [-0.2, -0.15) is 0 Å². The van der Waals surface area contributed by atoms with Crippen LogP contribution in [0.5, 0.6) is 0 Å². The van der Waals surface area contributed by atoms with Crippen molar-refractivity contribution in [1.82, 2.24) is 5.32 Å². The second-order valence-corrected chi connectivity index (χ2v) is 5.62. The van der Waals surface area contributed by atoms with Gasteiger partial charge in [0.1, 0.15) is 0 Å². The first-order valence-electron chi connectivity index (χ1n) is 6.33. The largest absolute Gasteiger partial charge is 0.290 e. The molecule has 0 radical (unpaired) electrons. The molecule has 0 unspecified atom stereocenters. The van der Waals surface area contributed by atoms with Crippen LogP contribution in [0.15, 0.2) is 47.4 Å². The zero-order chi connectivity index (χ0) is 15.7. The molecule has 0 aliphatic carbocycles. The Balaban J connectivity index is 1.87. The maximum absolute atomic E-state index is 13.2. The molecule has 3 nitrogen and oxygen atoms in total. The maximum atomic E-state index is 13.2. The molecule has 1 fully saturated rings. The molecule has 1 heterocycles. The molecule has 2 aromatic carbocycles. The van der Waals surface area contributed by atoms with Crippen molar-refractivity contribution in [3.05, 3.63) is 64.6 Å². The van der Waals surface area contributed by atoms with Crippen LogP contribution in [0.25, 0.3) is 17.2 Å². The highest BCUT2D eigenvalue weighted by Crippen LogP contribution is 2.27. The number of thioether (sulfide) groups is 1. The Morgan fingerprint density at radius 3 is 2.18 bits per heavy atom. The van der Waals surface area contributed by atoms with Crippen LogP contribution in [-0.4, -0.2) is 11.1 Å². The first-order valence-corrected chi connectivity index (χ1v) is 7.15. The number of carbonyl (C=O) groups is 2. The van der Waals surface area contributed by atoms with Crippen LogP contribution in [0.1, 0.15) is 5.56 Å². The first-order chi connectivity index (χ1) is 10.5. The average Bonchev–Trinajstić information content (AvgIpc) is 2.81. The van der Waals surface area contributed by atoms with Gasteiger partial charge in [0.05, 0.1) is 4.91 Å². The lowest BCUT2D eigenvalue weighted by molar-refractivity contribution is -0.115. The fourth-order valence-electron chi connectivity index (χ4n) is 2.02. The van der Waals surface area contributed by atoms with E-state index in [4.69, 9.17) is 0 Å². The Kier molecular flexibility index (Phi) is 3.77. The third-order valence-corrected chi connectivity index (χ3v) is 3.91. The molecule has 3 rings (SSSR count). The average molecular weight is 317 g/mol. The zero-order valence-corrected chi connectivity index (χ0v) is 11.9. The molecule has 1 aliphatic rings. The van der Waals surface area contributed by atoms with E-state index in [1.165, 1.54) is 6.07 Å². The van der Waals surface area contributed by atoms with Crippen molar-refractivity contribution in [3.63, 3.8) is 0 Å². The van der Waals surface area contributed by atoms with Gasteiger partial charge in [0, 0.05) is 0 Å². The molecule has 2 amide bonds. The van der Waals surface area contributed by atoms with E-state index in [0.717, 1.165) is 35.0 Å². The van der Waals surface area contributed by atoms with Crippen molar-refractivity contribution >= 4 is 29.0 Å². The summed E-state index contributed by atoms with van der Waals surface area (Å²) >= 11 is 0.843. The molecule has 2 aromatic rings. The predicted octanol–water partition coefficient (Wildman–Crippen LogP) is 3.96. The minimum Gasteiger partial charge on any atom is -0.282 e. The summed E-state index contributed by atoms with van der Waals surface area (Å²) in [5.74, 6) is -2.21. The number of amides is 2. The second-order valence-electron chi connectivity index (χ2n) is 4.60. The summed E-state index contributed by atoms with van der Waals surface area (Å²) in [6, 6.07) is 10.6. The molecule has 0 bridgehead atoms. The van der Waals surface area contributed by atoms with Crippen molar-refractivity contribution in [2.75, 3.05) is 0 Å². The highest BCUT2D eigenvalue weighted by molar-refractivity contribution is 8.18. The molecule has 1 saturated heterocycles. The summed E-state index contributed by atoms with van der Waals surface area (Å²) in [5.41, 5.74) is 2.01. The topological polar surface area (TPSA) is 46.2 Å². The lowest BCUT2D eigenvalue weighted by Crippen LogP contribution is -2.17. The SMILES string of the molecule is O=C1NC(=O)/C(=C/c2ccc(-c3ccc(F)c(F)c3)cc2)S1. The van der Waals surface area contributed by atoms with Gasteiger partial charge in [-0.25, -0.2) is 8.78 Å². The van der Waals surface area contributed by atoms with Crippen molar-refractivity contribution < 1.29 is 18.4 Å². The smallest absolute Gasteiger partial charge is 0.282 e. The Morgan fingerprint density at radius 2 is 1.59 bits per heavy atom. The van der Waals surface area contributed by atoms with E-state index in [1.54, 1.807) is 30.3 Å². The molecule has 0 aromatic heterocycles. The molecule has 0 saturated carbocycles. The molecular weight excluding hydrogens is 308 g/mol. The monoisotopic (exact) mass is 317 g/mol. The summed E-state index contributed by atoms with van der Waals surface area (Å²) in [7, 11) is 0. The van der Waals surface area contributed by atoms with Gasteiger partial charge in [0.15, 0.2) is 11.6 Å². The summed E-state index contributed by atoms with van der Waals surface area (Å²) in [4.78, 5) is 22.8. The van der Waals surface area contributed by atoms with E-state index in [2.05, 4.69) is 5.32 Å². The number of carbonyl (C=O) groups excluding carboxylic acids is 2. The molecule has 110 valence electrons. The first kappa shape index (κ1) is 14.5. The van der Waals surface area contributed by atoms with Gasteiger partial charge < -0.3 is 0 Å². The molecule has 0 spiro atoms. The molecule has 6 heteroatoms. The molecule has 1 N–H and O–H groups in total. The van der Waals surface area contributed by atoms with Crippen molar-refractivity contribution in [2.24, 2.45) is 0 Å². The Hall–Kier alpha value is -2.47. The molecular formula is C16H9F2NO2S. The number of hydrogen-bond acceptors (Lipinski definition) is 3. The van der Waals surface area contributed by atoms with Gasteiger partial charge in [-0.1, -0.05) is 30.3 Å². The number of hydrogen-bond donors (Lipinski definition) is 1. The van der Waals surface area contributed by atoms with Crippen molar-refractivity contribution in [3.8, 4) is 11.1 Å². The van der Waals surface area contributed by atoms with Crippen LogP contribution in [0.4, 0.5) is 13.6 Å². The van der Waals surface area contributed by atoms with Gasteiger partial charge in [-0.05, 0) is 46.7 Å². The Morgan fingerprint density at radius 1 is 0.909 bits per heavy atom. The fraction of sp³-hybridized carbons (Fsp3) is 0. The third-order valence-electron chi connectivity index (χ3n) is 3.10. The van der Waals surface area contributed by atoms with Gasteiger partial charge in [-0.3, -0.25) is 14.9 Å². The normalized spacial score (nSPS) is 16.2. The predicted molar refractivity (Wildman–Crippen MR) is 80.9 cm³/mol. The van der Waals surface area contributed by atoms with Gasteiger partial charge in [0.25, 0.3) is 11.1 Å². The zero-order valence-electron chi connectivity index (χ0n) is 11.1. The minimum absolute atomic E-state index is 0.325. The number of benzene rings is 2. The highest BCUT2D eigenvalue weighted by atomic mass is 32.2. The highest BCUT2D eigenvalue weighted by Gasteiger charge is 2.24. The van der Waals surface area contributed by atoms with Crippen LogP contribution in [0, 0.1) is 11.6 Å². The molecule has 1 aliphatic heterocycles. The summed E-state index contributed by atoms with van der Waals surface area (Å²) in [6.45, 7) is 0.